The highest BCUT2D eigenvalue weighted by atomic mass is 32.2. The molecule has 0 aliphatic carbocycles. The number of amides is 1. The van der Waals surface area contributed by atoms with Crippen molar-refractivity contribution < 1.29 is 35.7 Å². The smallest absolute Gasteiger partial charge is 0.434 e. The number of nitrogens with zero attached hydrogens (tertiary/aromatic N) is 3. The van der Waals surface area contributed by atoms with Crippen LogP contribution in [-0.2, 0) is 15.9 Å². The molecule has 2 aromatic carbocycles. The molecule has 1 N–H and O–H groups in total. The van der Waals surface area contributed by atoms with Crippen LogP contribution in [0.2, 0.25) is 0 Å². The van der Waals surface area contributed by atoms with Gasteiger partial charge in [-0.15, -0.1) is 10.2 Å². The Morgan fingerprint density at radius 2 is 1.79 bits per heavy atom. The molecule has 3 aromatic rings. The highest BCUT2D eigenvalue weighted by Gasteiger charge is 2.35. The molecule has 1 aromatic heterocycles. The molecule has 3 rings (SSSR count). The molecule has 0 spiro atoms. The average molecular weight is 486 g/mol. The number of halogens is 5. The average Bonchev–Trinajstić information content (AvgIpc) is 2.76. The Morgan fingerprint density at radius 3 is 2.45 bits per heavy atom. The standard InChI is InChI=1S/C20H15F5N4O3S/c1-26-33(2,31)12-6-3-5-11(9-12)27-18(30)13-10-16(20(23,24)25)28-29-19(13)32-15-8-4-7-14(21)17(15)22/h3-10H,1-2H3,(H,27,30). The fourth-order valence-corrected chi connectivity index (χ4v) is 3.42. The summed E-state index contributed by atoms with van der Waals surface area (Å²) < 4.78 is 88.1. The van der Waals surface area contributed by atoms with Crippen molar-refractivity contribution in [1.82, 2.24) is 10.2 Å². The van der Waals surface area contributed by atoms with Crippen LogP contribution in [0, 0.1) is 11.6 Å². The predicted molar refractivity (Wildman–Crippen MR) is 109 cm³/mol. The zero-order valence-electron chi connectivity index (χ0n) is 17.0. The number of carbonyl (C=O) groups is 1. The van der Waals surface area contributed by atoms with Crippen LogP contribution in [0.1, 0.15) is 16.1 Å². The first-order valence-corrected chi connectivity index (χ1v) is 10.9. The van der Waals surface area contributed by atoms with Crippen molar-refractivity contribution in [1.29, 1.82) is 0 Å². The Labute approximate surface area is 184 Å². The molecular weight excluding hydrogens is 471 g/mol. The van der Waals surface area contributed by atoms with E-state index in [-0.39, 0.29) is 10.6 Å². The Hall–Kier alpha value is -3.61. The van der Waals surface area contributed by atoms with E-state index < -0.39 is 56.3 Å². The lowest BCUT2D eigenvalue weighted by molar-refractivity contribution is -0.141. The lowest BCUT2D eigenvalue weighted by Gasteiger charge is -2.13. The van der Waals surface area contributed by atoms with Gasteiger partial charge in [0.2, 0.25) is 5.82 Å². The Morgan fingerprint density at radius 1 is 1.09 bits per heavy atom. The van der Waals surface area contributed by atoms with E-state index in [0.717, 1.165) is 18.2 Å². The first kappa shape index (κ1) is 24.0. The van der Waals surface area contributed by atoms with Gasteiger partial charge in [-0.2, -0.15) is 17.6 Å². The number of carbonyl (C=O) groups excluding carboxylic acids is 1. The largest absolute Gasteiger partial charge is 0.435 e. The van der Waals surface area contributed by atoms with Crippen molar-refractivity contribution in [2.24, 2.45) is 4.36 Å². The number of alkyl halides is 3. The van der Waals surface area contributed by atoms with Crippen LogP contribution in [0.25, 0.3) is 0 Å². The summed E-state index contributed by atoms with van der Waals surface area (Å²) in [5, 5.41) is 8.54. The van der Waals surface area contributed by atoms with Crippen LogP contribution in [0.3, 0.4) is 0 Å². The number of anilines is 1. The van der Waals surface area contributed by atoms with E-state index in [1.807, 2.05) is 0 Å². The Kier molecular flexibility index (Phi) is 6.63. The minimum atomic E-state index is -4.94. The quantitative estimate of drug-likeness (QED) is 0.518. The zero-order chi connectivity index (χ0) is 24.4. The van der Waals surface area contributed by atoms with Gasteiger partial charge in [-0.05, 0) is 36.4 Å². The van der Waals surface area contributed by atoms with Crippen LogP contribution in [-0.4, -0.2) is 33.6 Å². The van der Waals surface area contributed by atoms with Gasteiger partial charge in [0.1, 0.15) is 5.56 Å². The summed E-state index contributed by atoms with van der Waals surface area (Å²) in [4.78, 5) is 13.1. The molecule has 0 aliphatic heterocycles. The lowest BCUT2D eigenvalue weighted by atomic mass is 10.2. The number of benzene rings is 2. The third kappa shape index (κ3) is 5.42. The van der Waals surface area contributed by atoms with Gasteiger partial charge in [0.25, 0.3) is 11.8 Å². The van der Waals surface area contributed by atoms with Gasteiger partial charge < -0.3 is 10.1 Å². The summed E-state index contributed by atoms with van der Waals surface area (Å²) >= 11 is 0. The third-order valence-corrected chi connectivity index (χ3v) is 6.12. The minimum Gasteiger partial charge on any atom is -0.434 e. The third-order valence-electron chi connectivity index (χ3n) is 4.30. The molecule has 0 fully saturated rings. The first-order valence-electron chi connectivity index (χ1n) is 9.01. The van der Waals surface area contributed by atoms with Gasteiger partial charge in [0, 0.05) is 23.9 Å². The molecule has 1 unspecified atom stereocenters. The van der Waals surface area contributed by atoms with E-state index in [0.29, 0.717) is 6.07 Å². The van der Waals surface area contributed by atoms with Crippen LogP contribution in [0.4, 0.5) is 27.6 Å². The van der Waals surface area contributed by atoms with Gasteiger partial charge in [-0.3, -0.25) is 4.79 Å². The molecule has 13 heteroatoms. The summed E-state index contributed by atoms with van der Waals surface area (Å²) in [7, 11) is -1.40. The monoisotopic (exact) mass is 486 g/mol. The topological polar surface area (TPSA) is 93.5 Å². The maximum atomic E-state index is 14.0. The highest BCUT2D eigenvalue weighted by molar-refractivity contribution is 7.93. The molecule has 0 saturated heterocycles. The van der Waals surface area contributed by atoms with Gasteiger partial charge in [-0.1, -0.05) is 12.1 Å². The van der Waals surface area contributed by atoms with Crippen LogP contribution in [0.5, 0.6) is 11.6 Å². The molecule has 1 heterocycles. The number of hydrogen-bond acceptors (Lipinski definition) is 6. The first-order chi connectivity index (χ1) is 15.4. The van der Waals surface area contributed by atoms with Gasteiger partial charge >= 0.3 is 6.18 Å². The summed E-state index contributed by atoms with van der Waals surface area (Å²) in [6, 6.07) is 8.95. The molecule has 1 amide bonds. The molecule has 174 valence electrons. The van der Waals surface area contributed by atoms with Crippen molar-refractivity contribution in [2.45, 2.75) is 11.1 Å². The van der Waals surface area contributed by atoms with Gasteiger partial charge in [-0.25, -0.2) is 13.0 Å². The summed E-state index contributed by atoms with van der Waals surface area (Å²) in [6.45, 7) is 0. The van der Waals surface area contributed by atoms with Crippen molar-refractivity contribution in [3.8, 4) is 11.6 Å². The maximum Gasteiger partial charge on any atom is 0.435 e. The summed E-state index contributed by atoms with van der Waals surface area (Å²) in [6.07, 6.45) is -3.57. The molecule has 0 bridgehead atoms. The SMILES string of the molecule is CN=S(C)(=O)c1cccc(NC(=O)c2cc(C(F)(F)F)nnc2Oc2cccc(F)c2F)c1. The van der Waals surface area contributed by atoms with E-state index in [4.69, 9.17) is 4.74 Å². The highest BCUT2D eigenvalue weighted by Crippen LogP contribution is 2.32. The van der Waals surface area contributed by atoms with E-state index in [1.165, 1.54) is 37.6 Å². The second kappa shape index (κ2) is 9.10. The Bertz CT molecular complexity index is 1340. The number of hydrogen-bond donors (Lipinski definition) is 1. The summed E-state index contributed by atoms with van der Waals surface area (Å²) in [5.74, 6) is -5.33. The van der Waals surface area contributed by atoms with E-state index >= 15 is 0 Å². The van der Waals surface area contributed by atoms with Gasteiger partial charge in [0.15, 0.2) is 17.3 Å². The minimum absolute atomic E-state index is 0.0870. The lowest BCUT2D eigenvalue weighted by Crippen LogP contribution is -2.18. The van der Waals surface area contributed by atoms with Crippen molar-refractivity contribution >= 4 is 21.3 Å². The normalized spacial score (nSPS) is 13.2. The maximum absolute atomic E-state index is 14.0. The molecule has 33 heavy (non-hydrogen) atoms. The van der Waals surface area contributed by atoms with E-state index in [2.05, 4.69) is 19.9 Å². The van der Waals surface area contributed by atoms with Crippen LogP contribution in [0.15, 0.2) is 57.8 Å². The van der Waals surface area contributed by atoms with Gasteiger partial charge in [0.05, 0.1) is 9.73 Å². The molecule has 0 radical (unpaired) electrons. The predicted octanol–water partition coefficient (Wildman–Crippen LogP) is 4.90. The summed E-state index contributed by atoms with van der Waals surface area (Å²) in [5.41, 5.74) is -2.16. The molecule has 0 aliphatic rings. The zero-order valence-corrected chi connectivity index (χ0v) is 17.8. The van der Waals surface area contributed by atoms with Crippen molar-refractivity contribution in [3.63, 3.8) is 0 Å². The fraction of sp³-hybridized carbons (Fsp3) is 0.150. The molecule has 7 nitrogen and oxygen atoms in total. The number of rotatable bonds is 5. The van der Waals surface area contributed by atoms with Crippen molar-refractivity contribution in [2.75, 3.05) is 18.6 Å². The van der Waals surface area contributed by atoms with E-state index in [9.17, 15) is 31.0 Å². The second-order valence-electron chi connectivity index (χ2n) is 6.57. The number of ether oxygens (including phenoxy) is 1. The van der Waals surface area contributed by atoms with Crippen LogP contribution >= 0.6 is 0 Å². The molecule has 1 atom stereocenters. The fourth-order valence-electron chi connectivity index (χ4n) is 2.54. The molecular formula is C20H15F5N4O3S. The number of aromatic nitrogens is 2. The Balaban J connectivity index is 2.02. The molecule has 0 saturated carbocycles. The van der Waals surface area contributed by atoms with Crippen molar-refractivity contribution in [3.05, 3.63) is 71.4 Å². The van der Waals surface area contributed by atoms with Crippen LogP contribution < -0.4 is 10.1 Å². The second-order valence-corrected chi connectivity index (χ2v) is 9.01. The van der Waals surface area contributed by atoms with E-state index in [1.54, 1.807) is 0 Å². The number of nitrogens with one attached hydrogen (secondary N) is 1.